The Bertz CT molecular complexity index is 1180. The van der Waals surface area contributed by atoms with E-state index >= 15 is 0 Å². The summed E-state index contributed by atoms with van der Waals surface area (Å²) in [6, 6.07) is 20.6. The topological polar surface area (TPSA) is 81.7 Å². The fourth-order valence-corrected chi connectivity index (χ4v) is 4.85. The van der Waals surface area contributed by atoms with E-state index in [1.54, 1.807) is 18.2 Å². The van der Waals surface area contributed by atoms with Crippen LogP contribution < -0.4 is 15.5 Å². The normalized spacial score (nSPS) is 13.4. The lowest BCUT2D eigenvalue weighted by Crippen LogP contribution is -2.35. The maximum atomic E-state index is 13.0. The number of nitrogens with one attached hydrogen (secondary N) is 2. The fourth-order valence-electron chi connectivity index (χ4n) is 4.85. The molecule has 1 aliphatic carbocycles. The lowest BCUT2D eigenvalue weighted by molar-refractivity contribution is 0.0697. The summed E-state index contributed by atoms with van der Waals surface area (Å²) in [5.74, 6) is -0.977. The molecule has 35 heavy (non-hydrogen) atoms. The number of hydrogen-bond donors (Lipinski definition) is 3. The predicted octanol–water partition coefficient (Wildman–Crippen LogP) is 7.16. The maximum Gasteiger partial charge on any atom is 0.336 e. The molecule has 2 amide bonds. The Morgan fingerprint density at radius 2 is 1.69 bits per heavy atom. The summed E-state index contributed by atoms with van der Waals surface area (Å²) in [7, 11) is 0. The molecule has 0 bridgehead atoms. The Kier molecular flexibility index (Phi) is 7.70. The fraction of sp³-hybridized carbons (Fsp3) is 0.310. The molecule has 0 saturated heterocycles. The molecule has 1 aliphatic rings. The molecule has 0 aromatic heterocycles. The van der Waals surface area contributed by atoms with Crippen LogP contribution in [0.4, 0.5) is 21.9 Å². The summed E-state index contributed by atoms with van der Waals surface area (Å²) in [5, 5.41) is 15.7. The molecule has 0 atom stereocenters. The highest BCUT2D eigenvalue weighted by Crippen LogP contribution is 2.37. The van der Waals surface area contributed by atoms with Gasteiger partial charge in [-0.25, -0.2) is 9.59 Å². The highest BCUT2D eigenvalue weighted by molar-refractivity contribution is 6.03. The molecule has 0 heterocycles. The maximum absolute atomic E-state index is 13.0. The SMILES string of the molecule is CCCN(c1ccc(-c2ccccc2C(=O)O)cc1NC(=O)Nc1ccc(C)cc1)C1CCCC1. The van der Waals surface area contributed by atoms with Crippen molar-refractivity contribution in [1.82, 2.24) is 0 Å². The first kappa shape index (κ1) is 24.3. The summed E-state index contributed by atoms with van der Waals surface area (Å²) in [6.07, 6.45) is 5.70. The van der Waals surface area contributed by atoms with Gasteiger partial charge >= 0.3 is 12.0 Å². The molecule has 1 fully saturated rings. The van der Waals surface area contributed by atoms with Crippen LogP contribution in [0.5, 0.6) is 0 Å². The molecule has 6 nitrogen and oxygen atoms in total. The standard InChI is InChI=1S/C29H33N3O3/c1-3-18-32(23-8-4-5-9-23)27-17-14-21(24-10-6-7-11-25(24)28(33)34)19-26(27)31-29(35)30-22-15-12-20(2)13-16-22/h6-7,10-17,19,23H,3-5,8-9,18H2,1-2H3,(H,33,34)(H2,30,31,35). The van der Waals surface area contributed by atoms with Gasteiger partial charge in [0, 0.05) is 18.3 Å². The molecular formula is C29H33N3O3. The van der Waals surface area contributed by atoms with Crippen LogP contribution in [0.25, 0.3) is 11.1 Å². The second kappa shape index (κ2) is 11.1. The number of amides is 2. The van der Waals surface area contributed by atoms with Gasteiger partial charge in [0.2, 0.25) is 0 Å². The smallest absolute Gasteiger partial charge is 0.336 e. The minimum atomic E-state index is -0.977. The second-order valence-electron chi connectivity index (χ2n) is 9.16. The number of nitrogens with zero attached hydrogens (tertiary/aromatic N) is 1. The molecular weight excluding hydrogens is 438 g/mol. The molecule has 4 rings (SSSR count). The van der Waals surface area contributed by atoms with Crippen LogP contribution in [-0.2, 0) is 0 Å². The number of carbonyl (C=O) groups is 2. The van der Waals surface area contributed by atoms with Gasteiger partial charge in [0.25, 0.3) is 0 Å². The van der Waals surface area contributed by atoms with E-state index < -0.39 is 5.97 Å². The van der Waals surface area contributed by atoms with Crippen molar-refractivity contribution in [1.29, 1.82) is 0 Å². The zero-order chi connectivity index (χ0) is 24.8. The van der Waals surface area contributed by atoms with Crippen LogP contribution in [0, 0.1) is 6.92 Å². The number of carboxylic acid groups (broad SMARTS) is 1. The van der Waals surface area contributed by atoms with Crippen LogP contribution in [0.15, 0.2) is 66.7 Å². The van der Waals surface area contributed by atoms with Gasteiger partial charge in [-0.2, -0.15) is 0 Å². The lowest BCUT2D eigenvalue weighted by atomic mass is 9.98. The Hall–Kier alpha value is -3.80. The summed E-state index contributed by atoms with van der Waals surface area (Å²) >= 11 is 0. The average molecular weight is 472 g/mol. The van der Waals surface area contributed by atoms with Crippen LogP contribution in [0.1, 0.15) is 54.9 Å². The molecule has 0 spiro atoms. The number of aryl methyl sites for hydroxylation is 1. The first-order valence-electron chi connectivity index (χ1n) is 12.3. The predicted molar refractivity (Wildman–Crippen MR) is 143 cm³/mol. The van der Waals surface area contributed by atoms with Crippen LogP contribution >= 0.6 is 0 Å². The van der Waals surface area contributed by atoms with Crippen molar-refractivity contribution < 1.29 is 14.7 Å². The first-order chi connectivity index (χ1) is 17.0. The molecule has 0 unspecified atom stereocenters. The number of anilines is 3. The molecule has 0 radical (unpaired) electrons. The summed E-state index contributed by atoms with van der Waals surface area (Å²) in [6.45, 7) is 5.06. The number of hydrogen-bond acceptors (Lipinski definition) is 3. The number of carbonyl (C=O) groups excluding carboxylic acids is 1. The summed E-state index contributed by atoms with van der Waals surface area (Å²) in [4.78, 5) is 27.2. The zero-order valence-electron chi connectivity index (χ0n) is 20.4. The second-order valence-corrected chi connectivity index (χ2v) is 9.16. The number of carboxylic acids is 1. The quantitative estimate of drug-likeness (QED) is 0.325. The van der Waals surface area contributed by atoms with Crippen molar-refractivity contribution in [2.45, 2.75) is 52.0 Å². The van der Waals surface area contributed by atoms with Crippen LogP contribution in [0.2, 0.25) is 0 Å². The third-order valence-electron chi connectivity index (χ3n) is 6.56. The Morgan fingerprint density at radius 3 is 2.37 bits per heavy atom. The molecule has 3 aromatic carbocycles. The van der Waals surface area contributed by atoms with E-state index in [0.717, 1.165) is 42.6 Å². The van der Waals surface area contributed by atoms with Gasteiger partial charge < -0.3 is 20.6 Å². The van der Waals surface area contributed by atoms with E-state index in [1.807, 2.05) is 55.5 Å². The van der Waals surface area contributed by atoms with Gasteiger partial charge in [0.15, 0.2) is 0 Å². The summed E-state index contributed by atoms with van der Waals surface area (Å²) < 4.78 is 0. The minimum absolute atomic E-state index is 0.233. The zero-order valence-corrected chi connectivity index (χ0v) is 20.4. The van der Waals surface area contributed by atoms with Gasteiger partial charge in [0.05, 0.1) is 16.9 Å². The van der Waals surface area contributed by atoms with Crippen LogP contribution in [0.3, 0.4) is 0 Å². The van der Waals surface area contributed by atoms with Crippen molar-refractivity contribution in [2.75, 3.05) is 22.1 Å². The van der Waals surface area contributed by atoms with E-state index in [1.165, 1.54) is 12.8 Å². The van der Waals surface area contributed by atoms with Gasteiger partial charge in [-0.05, 0) is 67.6 Å². The lowest BCUT2D eigenvalue weighted by Gasteiger charge is -2.33. The Balaban J connectivity index is 1.72. The van der Waals surface area contributed by atoms with Gasteiger partial charge in [-0.15, -0.1) is 0 Å². The van der Waals surface area contributed by atoms with Crippen molar-refractivity contribution in [3.8, 4) is 11.1 Å². The average Bonchev–Trinajstić information content (AvgIpc) is 3.39. The monoisotopic (exact) mass is 471 g/mol. The van der Waals surface area contributed by atoms with E-state index in [9.17, 15) is 14.7 Å². The Labute approximate surface area is 207 Å². The molecule has 6 heteroatoms. The molecule has 182 valence electrons. The number of aromatic carboxylic acids is 1. The molecule has 1 saturated carbocycles. The van der Waals surface area contributed by atoms with E-state index in [2.05, 4.69) is 22.5 Å². The van der Waals surface area contributed by atoms with E-state index in [4.69, 9.17) is 0 Å². The van der Waals surface area contributed by atoms with Crippen LogP contribution in [-0.4, -0.2) is 29.7 Å². The third kappa shape index (κ3) is 5.83. The van der Waals surface area contributed by atoms with Crippen molar-refractivity contribution in [3.05, 3.63) is 77.9 Å². The Morgan fingerprint density at radius 1 is 0.971 bits per heavy atom. The molecule has 3 aromatic rings. The van der Waals surface area contributed by atoms with E-state index in [-0.39, 0.29) is 11.6 Å². The minimum Gasteiger partial charge on any atom is -0.478 e. The highest BCUT2D eigenvalue weighted by atomic mass is 16.4. The largest absolute Gasteiger partial charge is 0.478 e. The highest BCUT2D eigenvalue weighted by Gasteiger charge is 2.25. The van der Waals surface area contributed by atoms with Gasteiger partial charge in [0.1, 0.15) is 0 Å². The third-order valence-corrected chi connectivity index (χ3v) is 6.56. The van der Waals surface area contributed by atoms with Crippen molar-refractivity contribution in [3.63, 3.8) is 0 Å². The number of rotatable bonds is 8. The van der Waals surface area contributed by atoms with Crippen molar-refractivity contribution in [2.24, 2.45) is 0 Å². The summed E-state index contributed by atoms with van der Waals surface area (Å²) in [5.41, 5.74) is 5.08. The molecule has 0 aliphatic heterocycles. The number of urea groups is 1. The van der Waals surface area contributed by atoms with E-state index in [0.29, 0.717) is 23.0 Å². The van der Waals surface area contributed by atoms with Gasteiger partial charge in [-0.1, -0.05) is 61.7 Å². The van der Waals surface area contributed by atoms with Gasteiger partial charge in [-0.3, -0.25) is 0 Å². The first-order valence-corrected chi connectivity index (χ1v) is 12.3. The van der Waals surface area contributed by atoms with Crippen molar-refractivity contribution >= 4 is 29.1 Å². The molecule has 3 N–H and O–H groups in total. The number of benzene rings is 3.